The topological polar surface area (TPSA) is 87.8 Å². The van der Waals surface area contributed by atoms with Gasteiger partial charge in [0.1, 0.15) is 19.8 Å². The Kier molecular flexibility index (Phi) is 4.00. The van der Waals surface area contributed by atoms with Crippen LogP contribution in [0.1, 0.15) is 21.9 Å². The van der Waals surface area contributed by atoms with E-state index in [1.807, 2.05) is 6.92 Å². The fraction of sp³-hybridized carbons (Fsp3) is 0.250. The molecule has 0 N–H and O–H groups in total. The van der Waals surface area contributed by atoms with Crippen molar-refractivity contribution in [3.05, 3.63) is 46.0 Å². The molecule has 25 heavy (non-hydrogen) atoms. The van der Waals surface area contributed by atoms with E-state index in [0.717, 1.165) is 15.7 Å². The van der Waals surface area contributed by atoms with E-state index >= 15 is 0 Å². The number of benzene rings is 1. The van der Waals surface area contributed by atoms with Gasteiger partial charge < -0.3 is 14.2 Å². The van der Waals surface area contributed by atoms with Gasteiger partial charge in [0.25, 0.3) is 11.6 Å². The molecule has 128 valence electrons. The predicted octanol–water partition coefficient (Wildman–Crippen LogP) is 2.32. The summed E-state index contributed by atoms with van der Waals surface area (Å²) in [5.41, 5.74) is 1.59. The minimum Gasteiger partial charge on any atom is -0.486 e. The molecule has 0 fully saturated rings. The summed E-state index contributed by atoms with van der Waals surface area (Å²) in [7, 11) is 0. The van der Waals surface area contributed by atoms with Gasteiger partial charge in [-0.15, -0.1) is 5.10 Å². The number of hydrogen-bond acceptors (Lipinski definition) is 7. The lowest BCUT2D eigenvalue weighted by Gasteiger charge is -2.19. The Morgan fingerprint density at radius 1 is 1.32 bits per heavy atom. The van der Waals surface area contributed by atoms with Crippen LogP contribution in [-0.2, 0) is 11.3 Å². The molecule has 0 unspecified atom stereocenters. The van der Waals surface area contributed by atoms with Crippen LogP contribution in [0.4, 0.5) is 0 Å². The Morgan fingerprint density at radius 2 is 2.08 bits per heavy atom. The second kappa shape index (κ2) is 6.32. The first kappa shape index (κ1) is 15.8. The molecule has 3 heterocycles. The fourth-order valence-electron chi connectivity index (χ4n) is 2.42. The van der Waals surface area contributed by atoms with Crippen molar-refractivity contribution in [2.45, 2.75) is 13.5 Å². The molecule has 0 atom stereocenters. The van der Waals surface area contributed by atoms with Gasteiger partial charge in [0.15, 0.2) is 11.5 Å². The largest absolute Gasteiger partial charge is 0.486 e. The van der Waals surface area contributed by atoms with E-state index in [2.05, 4.69) is 31.0 Å². The van der Waals surface area contributed by atoms with E-state index in [-0.39, 0.29) is 12.4 Å². The molecule has 2 aromatic heterocycles. The SMILES string of the molecule is Cc1ccnc2nc(C(=O)OCc3cc4c(cc3Br)OCCO4)nn12. The van der Waals surface area contributed by atoms with Crippen LogP contribution < -0.4 is 9.47 Å². The molecule has 0 bridgehead atoms. The lowest BCUT2D eigenvalue weighted by atomic mass is 10.2. The van der Waals surface area contributed by atoms with E-state index in [4.69, 9.17) is 14.2 Å². The summed E-state index contributed by atoms with van der Waals surface area (Å²) in [5.74, 6) is 0.998. The first-order valence-corrected chi connectivity index (χ1v) is 8.34. The number of nitrogens with zero attached hydrogens (tertiary/aromatic N) is 4. The zero-order valence-corrected chi connectivity index (χ0v) is 14.8. The quantitative estimate of drug-likeness (QED) is 0.618. The smallest absolute Gasteiger partial charge is 0.378 e. The van der Waals surface area contributed by atoms with Crippen LogP contribution in [0.25, 0.3) is 5.78 Å². The molecular weight excluding hydrogens is 392 g/mol. The first-order valence-electron chi connectivity index (χ1n) is 7.55. The highest BCUT2D eigenvalue weighted by atomic mass is 79.9. The molecular formula is C16H13BrN4O4. The summed E-state index contributed by atoms with van der Waals surface area (Å²) >= 11 is 3.45. The lowest BCUT2D eigenvalue weighted by molar-refractivity contribution is 0.0457. The number of hydrogen-bond donors (Lipinski definition) is 0. The highest BCUT2D eigenvalue weighted by Gasteiger charge is 2.19. The molecule has 9 heteroatoms. The van der Waals surface area contributed by atoms with Gasteiger partial charge in [0.05, 0.1) is 0 Å². The number of aryl methyl sites for hydroxylation is 1. The Balaban J connectivity index is 1.52. The standard InChI is InChI=1S/C16H13BrN4O4/c1-9-2-3-18-16-19-14(20-21(9)16)15(22)25-8-10-6-12-13(7-11(10)17)24-5-4-23-12/h2-3,6-7H,4-5,8H2,1H3. The zero-order valence-electron chi connectivity index (χ0n) is 13.2. The summed E-state index contributed by atoms with van der Waals surface area (Å²) in [5, 5.41) is 4.13. The molecule has 0 saturated heterocycles. The number of rotatable bonds is 3. The molecule has 4 rings (SSSR count). The molecule has 1 aliphatic rings. The van der Waals surface area contributed by atoms with Crippen LogP contribution in [0.3, 0.4) is 0 Å². The third-order valence-corrected chi connectivity index (χ3v) is 4.42. The first-order chi connectivity index (χ1) is 12.1. The zero-order chi connectivity index (χ0) is 17.4. The minimum absolute atomic E-state index is 0.0320. The van der Waals surface area contributed by atoms with Crippen molar-refractivity contribution in [2.24, 2.45) is 0 Å². The molecule has 8 nitrogen and oxygen atoms in total. The number of carbonyl (C=O) groups excluding carboxylic acids is 1. The Labute approximate surface area is 150 Å². The molecule has 3 aromatic rings. The summed E-state index contributed by atoms with van der Waals surface area (Å²) in [4.78, 5) is 20.4. The molecule has 0 amide bonds. The number of fused-ring (bicyclic) bond motifs is 2. The van der Waals surface area contributed by atoms with Gasteiger partial charge in [-0.25, -0.2) is 14.3 Å². The molecule has 1 aliphatic heterocycles. The number of aromatic nitrogens is 4. The maximum absolute atomic E-state index is 12.2. The van der Waals surface area contributed by atoms with Crippen LogP contribution in [0.5, 0.6) is 11.5 Å². The molecule has 0 saturated carbocycles. The van der Waals surface area contributed by atoms with Crippen LogP contribution in [-0.4, -0.2) is 38.8 Å². The average molecular weight is 405 g/mol. The number of carbonyl (C=O) groups is 1. The van der Waals surface area contributed by atoms with Gasteiger partial charge in [-0.05, 0) is 25.1 Å². The number of esters is 1. The van der Waals surface area contributed by atoms with Crippen molar-refractivity contribution in [1.82, 2.24) is 19.6 Å². The van der Waals surface area contributed by atoms with Gasteiger partial charge in [0.2, 0.25) is 0 Å². The second-order valence-corrected chi connectivity index (χ2v) is 6.25. The van der Waals surface area contributed by atoms with Crippen LogP contribution in [0.15, 0.2) is 28.9 Å². The number of halogens is 1. The van der Waals surface area contributed by atoms with Crippen molar-refractivity contribution in [3.8, 4) is 11.5 Å². The molecule has 1 aromatic carbocycles. The normalized spacial score (nSPS) is 13.0. The van der Waals surface area contributed by atoms with Gasteiger partial charge >= 0.3 is 5.97 Å². The molecule has 0 radical (unpaired) electrons. The monoisotopic (exact) mass is 404 g/mol. The summed E-state index contributed by atoms with van der Waals surface area (Å²) < 4.78 is 18.6. The van der Waals surface area contributed by atoms with Gasteiger partial charge in [-0.1, -0.05) is 15.9 Å². The summed E-state index contributed by atoms with van der Waals surface area (Å²) in [6, 6.07) is 5.37. The second-order valence-electron chi connectivity index (χ2n) is 5.40. The highest BCUT2D eigenvalue weighted by Crippen LogP contribution is 2.35. The van der Waals surface area contributed by atoms with Gasteiger partial charge in [0, 0.05) is 21.9 Å². The summed E-state index contributed by atoms with van der Waals surface area (Å²) in [6.45, 7) is 2.91. The fourth-order valence-corrected chi connectivity index (χ4v) is 2.85. The Morgan fingerprint density at radius 3 is 2.84 bits per heavy atom. The predicted molar refractivity (Wildman–Crippen MR) is 89.8 cm³/mol. The molecule has 0 spiro atoms. The van der Waals surface area contributed by atoms with Crippen LogP contribution in [0.2, 0.25) is 0 Å². The number of ether oxygens (including phenoxy) is 3. The third kappa shape index (κ3) is 3.02. The van der Waals surface area contributed by atoms with Gasteiger partial charge in [-0.3, -0.25) is 0 Å². The van der Waals surface area contributed by atoms with Crippen molar-refractivity contribution in [2.75, 3.05) is 13.2 Å². The maximum atomic E-state index is 12.2. The summed E-state index contributed by atoms with van der Waals surface area (Å²) in [6.07, 6.45) is 1.61. The third-order valence-electron chi connectivity index (χ3n) is 3.68. The maximum Gasteiger partial charge on any atom is 0.378 e. The average Bonchev–Trinajstić information content (AvgIpc) is 3.05. The van der Waals surface area contributed by atoms with Crippen molar-refractivity contribution < 1.29 is 19.0 Å². The minimum atomic E-state index is -0.619. The van der Waals surface area contributed by atoms with E-state index in [9.17, 15) is 4.79 Å². The van der Waals surface area contributed by atoms with E-state index in [1.54, 1.807) is 24.4 Å². The Hall–Kier alpha value is -2.68. The lowest BCUT2D eigenvalue weighted by Crippen LogP contribution is -2.16. The van der Waals surface area contributed by atoms with Crippen LogP contribution >= 0.6 is 15.9 Å². The van der Waals surface area contributed by atoms with Crippen LogP contribution in [0, 0.1) is 6.92 Å². The van der Waals surface area contributed by atoms with Crippen molar-refractivity contribution in [3.63, 3.8) is 0 Å². The van der Waals surface area contributed by atoms with E-state index in [1.165, 1.54) is 4.52 Å². The Bertz CT molecular complexity index is 972. The highest BCUT2D eigenvalue weighted by molar-refractivity contribution is 9.10. The van der Waals surface area contributed by atoms with E-state index < -0.39 is 5.97 Å². The van der Waals surface area contributed by atoms with Crippen molar-refractivity contribution in [1.29, 1.82) is 0 Å². The van der Waals surface area contributed by atoms with E-state index in [0.29, 0.717) is 30.5 Å². The molecule has 0 aliphatic carbocycles. The van der Waals surface area contributed by atoms with Gasteiger partial charge in [-0.2, -0.15) is 4.98 Å². The van der Waals surface area contributed by atoms with Crippen molar-refractivity contribution >= 4 is 27.7 Å².